The maximum absolute atomic E-state index is 13.1. The summed E-state index contributed by atoms with van der Waals surface area (Å²) in [5.41, 5.74) is 3.47. The molecule has 0 saturated heterocycles. The van der Waals surface area contributed by atoms with Crippen molar-refractivity contribution in [2.24, 2.45) is 0 Å². The fraction of sp³-hybridized carbons (Fsp3) is 0.320. The highest BCUT2D eigenvalue weighted by Crippen LogP contribution is 2.34. The van der Waals surface area contributed by atoms with Crippen LogP contribution in [0.25, 0.3) is 10.8 Å². The maximum atomic E-state index is 13.1. The number of hydrogen-bond donors (Lipinski definition) is 0. The van der Waals surface area contributed by atoms with Gasteiger partial charge in [0.05, 0.1) is 19.6 Å². The molecule has 4 heteroatoms. The molecule has 0 unspecified atom stereocenters. The van der Waals surface area contributed by atoms with E-state index in [4.69, 9.17) is 9.47 Å². The van der Waals surface area contributed by atoms with Gasteiger partial charge in [0.2, 0.25) is 5.91 Å². The zero-order chi connectivity index (χ0) is 20.2. The summed E-state index contributed by atoms with van der Waals surface area (Å²) in [7, 11) is 0. The first kappa shape index (κ1) is 19.3. The van der Waals surface area contributed by atoms with Gasteiger partial charge < -0.3 is 14.4 Å². The predicted molar refractivity (Wildman–Crippen MR) is 116 cm³/mol. The Balaban J connectivity index is 1.54. The lowest BCUT2D eigenvalue weighted by molar-refractivity contribution is -0.131. The minimum Gasteiger partial charge on any atom is -0.490 e. The van der Waals surface area contributed by atoms with Crippen molar-refractivity contribution in [3.63, 3.8) is 0 Å². The quantitative estimate of drug-likeness (QED) is 0.610. The minimum atomic E-state index is 0.166. The second kappa shape index (κ2) is 8.56. The van der Waals surface area contributed by atoms with Crippen LogP contribution in [0.5, 0.6) is 11.5 Å². The van der Waals surface area contributed by atoms with Crippen LogP contribution in [-0.4, -0.2) is 30.6 Å². The summed E-state index contributed by atoms with van der Waals surface area (Å²) in [4.78, 5) is 15.0. The van der Waals surface area contributed by atoms with Crippen LogP contribution in [0, 0.1) is 0 Å². The van der Waals surface area contributed by atoms with Gasteiger partial charge in [0, 0.05) is 13.1 Å². The monoisotopic (exact) mass is 389 g/mol. The molecule has 4 rings (SSSR count). The highest BCUT2D eigenvalue weighted by molar-refractivity contribution is 5.90. The number of rotatable bonds is 6. The topological polar surface area (TPSA) is 38.8 Å². The summed E-state index contributed by atoms with van der Waals surface area (Å²) in [6.07, 6.45) is 1.26. The van der Waals surface area contributed by atoms with Gasteiger partial charge in [-0.2, -0.15) is 0 Å². The molecule has 0 atom stereocenters. The Labute approximate surface area is 172 Å². The number of ether oxygens (including phenoxy) is 2. The number of benzene rings is 3. The van der Waals surface area contributed by atoms with Crippen molar-refractivity contribution < 1.29 is 14.3 Å². The summed E-state index contributed by atoms with van der Waals surface area (Å²) in [6.45, 7) is 6.48. The molecule has 0 bridgehead atoms. The Morgan fingerprint density at radius 2 is 1.62 bits per heavy atom. The van der Waals surface area contributed by atoms with Crippen molar-refractivity contribution in [2.45, 2.75) is 33.2 Å². The third kappa shape index (κ3) is 4.07. The molecule has 0 spiro atoms. The predicted octanol–water partition coefficient (Wildman–Crippen LogP) is 4.76. The van der Waals surface area contributed by atoms with E-state index in [9.17, 15) is 4.79 Å². The van der Waals surface area contributed by atoms with Crippen LogP contribution in [0.15, 0.2) is 54.6 Å². The lowest BCUT2D eigenvalue weighted by Gasteiger charge is -2.30. The van der Waals surface area contributed by atoms with E-state index >= 15 is 0 Å². The Kier molecular flexibility index (Phi) is 5.70. The number of fused-ring (bicyclic) bond motifs is 2. The smallest absolute Gasteiger partial charge is 0.227 e. The van der Waals surface area contributed by atoms with Gasteiger partial charge in [-0.15, -0.1) is 0 Å². The maximum Gasteiger partial charge on any atom is 0.227 e. The minimum absolute atomic E-state index is 0.166. The van der Waals surface area contributed by atoms with Gasteiger partial charge in [-0.1, -0.05) is 42.5 Å². The summed E-state index contributed by atoms with van der Waals surface area (Å²) in [6, 6.07) is 18.5. The lowest BCUT2D eigenvalue weighted by atomic mass is 9.97. The Bertz CT molecular complexity index is 1020. The van der Waals surface area contributed by atoms with Gasteiger partial charge >= 0.3 is 0 Å². The second-order valence-corrected chi connectivity index (χ2v) is 7.31. The Morgan fingerprint density at radius 1 is 0.931 bits per heavy atom. The summed E-state index contributed by atoms with van der Waals surface area (Å²) >= 11 is 0. The Morgan fingerprint density at radius 3 is 2.38 bits per heavy atom. The molecule has 3 aromatic rings. The van der Waals surface area contributed by atoms with E-state index in [1.807, 2.05) is 43.0 Å². The van der Waals surface area contributed by atoms with Crippen LogP contribution in [0.1, 0.15) is 30.5 Å². The van der Waals surface area contributed by atoms with E-state index in [2.05, 4.69) is 30.3 Å². The number of nitrogens with zero attached hydrogens (tertiary/aromatic N) is 1. The van der Waals surface area contributed by atoms with Crippen molar-refractivity contribution in [1.82, 2.24) is 4.90 Å². The van der Waals surface area contributed by atoms with Crippen LogP contribution in [0.4, 0.5) is 0 Å². The van der Waals surface area contributed by atoms with Crippen molar-refractivity contribution in [3.8, 4) is 11.5 Å². The molecule has 0 N–H and O–H groups in total. The highest BCUT2D eigenvalue weighted by atomic mass is 16.5. The van der Waals surface area contributed by atoms with E-state index in [0.29, 0.717) is 26.2 Å². The second-order valence-electron chi connectivity index (χ2n) is 7.31. The molecule has 0 radical (unpaired) electrons. The molecule has 29 heavy (non-hydrogen) atoms. The standard InChI is InChI=1S/C25H27NO3/c1-3-28-23-14-19-12-13-26(17-21(19)15-24(23)29-4-2)25(27)16-20-10-7-9-18-8-5-6-11-22(18)20/h5-11,14-15H,3-4,12-13,16-17H2,1-2H3. The van der Waals surface area contributed by atoms with Crippen molar-refractivity contribution in [1.29, 1.82) is 0 Å². The number of carbonyl (C=O) groups excluding carboxylic acids is 1. The largest absolute Gasteiger partial charge is 0.490 e. The molecule has 0 aromatic heterocycles. The molecule has 0 saturated carbocycles. The molecule has 1 aliphatic rings. The molecular weight excluding hydrogens is 362 g/mol. The fourth-order valence-electron chi connectivity index (χ4n) is 4.03. The van der Waals surface area contributed by atoms with Gasteiger partial charge in [0.1, 0.15) is 0 Å². The Hall–Kier alpha value is -3.01. The average Bonchev–Trinajstić information content (AvgIpc) is 2.74. The highest BCUT2D eigenvalue weighted by Gasteiger charge is 2.23. The van der Waals surface area contributed by atoms with Gasteiger partial charge in [0.15, 0.2) is 11.5 Å². The van der Waals surface area contributed by atoms with Crippen LogP contribution in [-0.2, 0) is 24.2 Å². The third-order valence-corrected chi connectivity index (χ3v) is 5.45. The molecular formula is C25H27NO3. The zero-order valence-corrected chi connectivity index (χ0v) is 17.1. The van der Waals surface area contributed by atoms with Crippen molar-refractivity contribution in [3.05, 3.63) is 71.3 Å². The van der Waals surface area contributed by atoms with Gasteiger partial charge in [-0.25, -0.2) is 0 Å². The average molecular weight is 389 g/mol. The molecule has 1 aliphatic heterocycles. The molecule has 0 fully saturated rings. The molecule has 1 heterocycles. The summed E-state index contributed by atoms with van der Waals surface area (Å²) in [5, 5.41) is 2.33. The van der Waals surface area contributed by atoms with E-state index in [0.717, 1.165) is 41.0 Å². The normalized spacial score (nSPS) is 13.2. The number of hydrogen-bond acceptors (Lipinski definition) is 3. The van der Waals surface area contributed by atoms with Crippen LogP contribution >= 0.6 is 0 Å². The number of amides is 1. The van der Waals surface area contributed by atoms with Gasteiger partial charge in [0.25, 0.3) is 0 Å². The van der Waals surface area contributed by atoms with Crippen LogP contribution < -0.4 is 9.47 Å². The first-order chi connectivity index (χ1) is 14.2. The molecule has 3 aromatic carbocycles. The summed E-state index contributed by atoms with van der Waals surface area (Å²) in [5.74, 6) is 1.72. The zero-order valence-electron chi connectivity index (χ0n) is 17.1. The lowest BCUT2D eigenvalue weighted by Crippen LogP contribution is -2.37. The van der Waals surface area contributed by atoms with E-state index in [1.165, 1.54) is 10.9 Å². The molecule has 0 aliphatic carbocycles. The number of carbonyl (C=O) groups is 1. The summed E-state index contributed by atoms with van der Waals surface area (Å²) < 4.78 is 11.5. The van der Waals surface area contributed by atoms with Gasteiger partial charge in [-0.05, 0) is 59.9 Å². The molecule has 1 amide bonds. The van der Waals surface area contributed by atoms with E-state index < -0.39 is 0 Å². The molecule has 150 valence electrons. The SMILES string of the molecule is CCOc1cc2c(cc1OCC)CN(C(=O)Cc1cccc3ccccc13)CC2. The van der Waals surface area contributed by atoms with E-state index in [1.54, 1.807) is 0 Å². The van der Waals surface area contributed by atoms with E-state index in [-0.39, 0.29) is 5.91 Å². The van der Waals surface area contributed by atoms with Crippen molar-refractivity contribution >= 4 is 16.7 Å². The first-order valence-electron chi connectivity index (χ1n) is 10.4. The molecule has 4 nitrogen and oxygen atoms in total. The van der Waals surface area contributed by atoms with Crippen LogP contribution in [0.3, 0.4) is 0 Å². The van der Waals surface area contributed by atoms with Gasteiger partial charge in [-0.3, -0.25) is 4.79 Å². The first-order valence-corrected chi connectivity index (χ1v) is 10.4. The fourth-order valence-corrected chi connectivity index (χ4v) is 4.03. The third-order valence-electron chi connectivity index (χ3n) is 5.45. The van der Waals surface area contributed by atoms with Crippen molar-refractivity contribution in [2.75, 3.05) is 19.8 Å². The van der Waals surface area contributed by atoms with Crippen LogP contribution in [0.2, 0.25) is 0 Å².